The molecule has 254 valence electrons. The van der Waals surface area contributed by atoms with Crippen molar-refractivity contribution in [2.75, 3.05) is 13.2 Å². The van der Waals surface area contributed by atoms with E-state index in [4.69, 9.17) is 21.1 Å². The molecule has 1 aliphatic heterocycles. The lowest BCUT2D eigenvalue weighted by atomic mass is 9.98. The van der Waals surface area contributed by atoms with Gasteiger partial charge in [-0.3, -0.25) is 4.79 Å². The molecule has 44 heavy (non-hydrogen) atoms. The number of carbonyl (C=O) groups excluding carboxylic acids is 1. The predicted molar refractivity (Wildman–Crippen MR) is 164 cm³/mol. The molecule has 0 aromatic heterocycles. The van der Waals surface area contributed by atoms with Crippen LogP contribution in [0.5, 0.6) is 0 Å². The lowest BCUT2D eigenvalue weighted by Crippen LogP contribution is -2.60. The zero-order valence-corrected chi connectivity index (χ0v) is 26.6. The van der Waals surface area contributed by atoms with Gasteiger partial charge in [0.2, 0.25) is 5.91 Å². The van der Waals surface area contributed by atoms with E-state index >= 15 is 0 Å². The van der Waals surface area contributed by atoms with E-state index in [9.17, 15) is 39.8 Å². The monoisotopic (exact) mass is 649 g/mol. The van der Waals surface area contributed by atoms with Crippen LogP contribution in [0.15, 0.2) is 18.2 Å². The van der Waals surface area contributed by atoms with Gasteiger partial charge < -0.3 is 45.4 Å². The van der Waals surface area contributed by atoms with Gasteiger partial charge in [0, 0.05) is 10.6 Å². The number of carbonyl (C=O) groups is 1. The van der Waals surface area contributed by atoms with E-state index < -0.39 is 80.3 Å². The van der Waals surface area contributed by atoms with Crippen LogP contribution in [-0.2, 0) is 20.7 Å². The molecule has 10 nitrogen and oxygen atoms in total. The molecular formula is C32H53ClFNO9. The molecule has 1 aromatic carbocycles. The largest absolute Gasteiger partial charge is 0.394 e. The minimum Gasteiger partial charge on any atom is -0.394 e. The molecular weight excluding hydrogens is 597 g/mol. The van der Waals surface area contributed by atoms with E-state index in [0.29, 0.717) is 6.42 Å². The molecule has 1 heterocycles. The Labute approximate surface area is 265 Å². The first-order valence-corrected chi connectivity index (χ1v) is 16.5. The second kappa shape index (κ2) is 21.4. The van der Waals surface area contributed by atoms with Gasteiger partial charge in [-0.25, -0.2) is 4.39 Å². The topological polar surface area (TPSA) is 169 Å². The Balaban J connectivity index is 1.90. The smallest absolute Gasteiger partial charge is 0.224 e. The number of nitrogens with one attached hydrogen (secondary N) is 1. The Morgan fingerprint density at radius 3 is 2.11 bits per heavy atom. The van der Waals surface area contributed by atoms with Gasteiger partial charge in [-0.1, -0.05) is 102 Å². The summed E-state index contributed by atoms with van der Waals surface area (Å²) in [5.41, 5.74) is -0.0354. The Bertz CT molecular complexity index is 923. The highest BCUT2D eigenvalue weighted by atomic mass is 35.5. The molecule has 8 atom stereocenters. The van der Waals surface area contributed by atoms with E-state index in [1.54, 1.807) is 0 Å². The van der Waals surface area contributed by atoms with Gasteiger partial charge in [-0.05, 0) is 18.6 Å². The van der Waals surface area contributed by atoms with Crippen molar-refractivity contribution in [3.8, 4) is 0 Å². The minimum atomic E-state index is -1.69. The highest BCUT2D eigenvalue weighted by Gasteiger charge is 2.44. The molecule has 1 saturated heterocycles. The van der Waals surface area contributed by atoms with Gasteiger partial charge in [0.15, 0.2) is 6.29 Å². The van der Waals surface area contributed by atoms with Crippen molar-refractivity contribution in [2.45, 2.75) is 146 Å². The normalized spacial score (nSPS) is 24.2. The van der Waals surface area contributed by atoms with Crippen LogP contribution in [0.2, 0.25) is 5.02 Å². The molecule has 0 radical (unpaired) electrons. The number of aliphatic hydroxyl groups is 6. The zero-order chi connectivity index (χ0) is 32.5. The quantitative estimate of drug-likeness (QED) is 0.0933. The molecule has 1 aromatic rings. The van der Waals surface area contributed by atoms with Crippen molar-refractivity contribution in [3.63, 3.8) is 0 Å². The summed E-state index contributed by atoms with van der Waals surface area (Å²) < 4.78 is 25.2. The van der Waals surface area contributed by atoms with Gasteiger partial charge in [0.1, 0.15) is 36.3 Å². The lowest BCUT2D eigenvalue weighted by molar-refractivity contribution is -0.303. The minimum absolute atomic E-state index is 0.0354. The van der Waals surface area contributed by atoms with Crippen molar-refractivity contribution in [3.05, 3.63) is 34.6 Å². The van der Waals surface area contributed by atoms with Crippen LogP contribution in [0.4, 0.5) is 4.39 Å². The summed E-state index contributed by atoms with van der Waals surface area (Å²) in [5.74, 6) is -1.37. The average molecular weight is 650 g/mol. The van der Waals surface area contributed by atoms with Gasteiger partial charge in [0.05, 0.1) is 31.8 Å². The number of hydrogen-bond donors (Lipinski definition) is 7. The molecule has 1 fully saturated rings. The molecule has 7 N–H and O–H groups in total. The first kappa shape index (κ1) is 38.8. The third-order valence-electron chi connectivity index (χ3n) is 8.19. The number of unbranched alkanes of at least 4 members (excludes halogenated alkanes) is 11. The zero-order valence-electron chi connectivity index (χ0n) is 25.8. The number of halogens is 2. The van der Waals surface area contributed by atoms with Crippen LogP contribution in [0.25, 0.3) is 0 Å². The average Bonchev–Trinajstić information content (AvgIpc) is 3.00. The molecule has 2 rings (SSSR count). The second-order valence-corrected chi connectivity index (χ2v) is 12.2. The molecule has 0 bridgehead atoms. The van der Waals surface area contributed by atoms with Gasteiger partial charge in [0.25, 0.3) is 0 Å². The predicted octanol–water partition coefficient (Wildman–Crippen LogP) is 3.14. The fourth-order valence-corrected chi connectivity index (χ4v) is 5.61. The number of hydrogen-bond acceptors (Lipinski definition) is 9. The molecule has 12 heteroatoms. The van der Waals surface area contributed by atoms with Crippen molar-refractivity contribution >= 4 is 17.5 Å². The Hall–Kier alpha value is -1.41. The Morgan fingerprint density at radius 1 is 0.955 bits per heavy atom. The highest BCUT2D eigenvalue weighted by Crippen LogP contribution is 2.23. The summed E-state index contributed by atoms with van der Waals surface area (Å²) >= 11 is 6.05. The maximum atomic E-state index is 14.3. The van der Waals surface area contributed by atoms with E-state index in [1.165, 1.54) is 69.6 Å². The number of amides is 1. The number of aliphatic hydroxyl groups excluding tert-OH is 6. The lowest BCUT2D eigenvalue weighted by Gasteiger charge is -2.40. The number of benzene rings is 1. The Morgan fingerprint density at radius 2 is 1.55 bits per heavy atom. The fraction of sp³-hybridized carbons (Fsp3) is 0.781. The fourth-order valence-electron chi connectivity index (χ4n) is 5.38. The first-order valence-electron chi connectivity index (χ1n) is 16.1. The number of ether oxygens (including phenoxy) is 2. The molecule has 0 aliphatic carbocycles. The molecule has 8 unspecified atom stereocenters. The SMILES string of the molecule is CCCCCCCCCCCCCCC(O)C(O)C(COC1OC(CO)C(O)C(O)C1O)NC(=O)Cc1c(F)cccc1Cl. The summed E-state index contributed by atoms with van der Waals surface area (Å²) in [6.45, 7) is 1.08. The first-order chi connectivity index (χ1) is 21.1. The highest BCUT2D eigenvalue weighted by molar-refractivity contribution is 6.31. The summed E-state index contributed by atoms with van der Waals surface area (Å²) in [6.07, 6.45) is 3.23. The van der Waals surface area contributed by atoms with E-state index in [2.05, 4.69) is 12.2 Å². The molecule has 1 amide bonds. The van der Waals surface area contributed by atoms with Crippen LogP contribution in [0, 0.1) is 5.82 Å². The van der Waals surface area contributed by atoms with Crippen LogP contribution < -0.4 is 5.32 Å². The van der Waals surface area contributed by atoms with E-state index in [0.717, 1.165) is 19.3 Å². The van der Waals surface area contributed by atoms with Crippen LogP contribution in [-0.4, -0.2) is 98.7 Å². The van der Waals surface area contributed by atoms with E-state index in [-0.39, 0.29) is 17.0 Å². The van der Waals surface area contributed by atoms with E-state index in [1.807, 2.05) is 0 Å². The molecule has 1 aliphatic rings. The van der Waals surface area contributed by atoms with Crippen molar-refractivity contribution in [1.82, 2.24) is 5.32 Å². The number of rotatable bonds is 22. The third kappa shape index (κ3) is 13.1. The summed E-state index contributed by atoms with van der Waals surface area (Å²) in [6, 6.07) is 2.81. The Kier molecular flexibility index (Phi) is 18.9. The van der Waals surface area contributed by atoms with Crippen LogP contribution >= 0.6 is 11.6 Å². The van der Waals surface area contributed by atoms with Crippen LogP contribution in [0.1, 0.15) is 96.0 Å². The van der Waals surface area contributed by atoms with Crippen molar-refractivity contribution in [2.24, 2.45) is 0 Å². The van der Waals surface area contributed by atoms with Gasteiger partial charge in [-0.2, -0.15) is 0 Å². The maximum Gasteiger partial charge on any atom is 0.224 e. The second-order valence-electron chi connectivity index (χ2n) is 11.8. The third-order valence-corrected chi connectivity index (χ3v) is 8.55. The molecule has 0 saturated carbocycles. The van der Waals surface area contributed by atoms with Crippen LogP contribution in [0.3, 0.4) is 0 Å². The van der Waals surface area contributed by atoms with Crippen molar-refractivity contribution < 1.29 is 49.3 Å². The molecule has 0 spiro atoms. The van der Waals surface area contributed by atoms with Gasteiger partial charge >= 0.3 is 0 Å². The summed E-state index contributed by atoms with van der Waals surface area (Å²) in [4.78, 5) is 12.9. The maximum absolute atomic E-state index is 14.3. The van der Waals surface area contributed by atoms with Gasteiger partial charge in [-0.15, -0.1) is 0 Å². The van der Waals surface area contributed by atoms with Crippen molar-refractivity contribution in [1.29, 1.82) is 0 Å². The standard InChI is InChI=1S/C32H53ClFNO9/c1-2-3-4-5-6-7-8-9-10-11-12-13-17-25(37)28(39)24(35-27(38)18-21-22(33)15-14-16-23(21)34)20-43-32-31(42)30(41)29(40)26(19-36)44-32/h14-16,24-26,28-32,36-37,39-42H,2-13,17-20H2,1H3,(H,35,38). The summed E-state index contributed by atoms with van der Waals surface area (Å²) in [7, 11) is 0. The summed E-state index contributed by atoms with van der Waals surface area (Å²) in [5, 5.41) is 64.2.